The quantitative estimate of drug-likeness (QED) is 0.677. The van der Waals surface area contributed by atoms with Crippen molar-refractivity contribution < 1.29 is 4.74 Å². The van der Waals surface area contributed by atoms with Gasteiger partial charge in [-0.2, -0.15) is 5.10 Å². The van der Waals surface area contributed by atoms with Gasteiger partial charge in [-0.3, -0.25) is 0 Å². The summed E-state index contributed by atoms with van der Waals surface area (Å²) in [4.78, 5) is 4.36. The van der Waals surface area contributed by atoms with Crippen LogP contribution >= 0.6 is 0 Å². The molecule has 6 heteroatoms. The molecule has 2 rings (SSSR count). The fraction of sp³-hybridized carbons (Fsp3) is 0.400. The van der Waals surface area contributed by atoms with Gasteiger partial charge < -0.3 is 15.8 Å². The Morgan fingerprint density at radius 1 is 1.38 bits per heavy atom. The third-order valence-electron chi connectivity index (χ3n) is 2.07. The van der Waals surface area contributed by atoms with Crippen LogP contribution in [0.5, 0.6) is 0 Å². The lowest BCUT2D eigenvalue weighted by Gasteiger charge is -2.06. The lowest BCUT2D eigenvalue weighted by atomic mass is 10.5. The zero-order valence-electron chi connectivity index (χ0n) is 8.97. The minimum absolute atomic E-state index is 0.556. The summed E-state index contributed by atoms with van der Waals surface area (Å²) in [6.07, 6.45) is 3.59. The number of nitrogens with one attached hydrogen (secondary N) is 1. The minimum Gasteiger partial charge on any atom is -0.378 e. The largest absolute Gasteiger partial charge is 0.378 e. The summed E-state index contributed by atoms with van der Waals surface area (Å²) < 4.78 is 6.96. The molecule has 0 spiro atoms. The second-order valence-corrected chi connectivity index (χ2v) is 3.27. The summed E-state index contributed by atoms with van der Waals surface area (Å²) in [7, 11) is 0. The molecule has 0 aliphatic carbocycles. The highest BCUT2D eigenvalue weighted by molar-refractivity contribution is 5.45. The summed E-state index contributed by atoms with van der Waals surface area (Å²) in [5, 5.41) is 7.24. The Kier molecular flexibility index (Phi) is 3.68. The van der Waals surface area contributed by atoms with E-state index < -0.39 is 0 Å². The molecule has 0 amide bonds. The van der Waals surface area contributed by atoms with Crippen molar-refractivity contribution in [1.82, 2.24) is 14.6 Å². The number of hydrogen-bond donors (Lipinski definition) is 2. The number of aromatic nitrogens is 3. The summed E-state index contributed by atoms with van der Waals surface area (Å²) in [5.74, 6) is 0.823. The Balaban J connectivity index is 1.84. The van der Waals surface area contributed by atoms with Crippen LogP contribution in [0.15, 0.2) is 24.5 Å². The average molecular weight is 221 g/mol. The number of ether oxygens (including phenoxy) is 1. The van der Waals surface area contributed by atoms with Crippen LogP contribution in [-0.2, 0) is 4.74 Å². The van der Waals surface area contributed by atoms with Crippen molar-refractivity contribution in [3.05, 3.63) is 24.5 Å². The molecule has 86 valence electrons. The van der Waals surface area contributed by atoms with Gasteiger partial charge in [0, 0.05) is 25.4 Å². The maximum Gasteiger partial charge on any atom is 0.157 e. The first kappa shape index (κ1) is 10.8. The van der Waals surface area contributed by atoms with Crippen molar-refractivity contribution in [3.8, 4) is 0 Å². The smallest absolute Gasteiger partial charge is 0.157 e. The molecule has 0 bridgehead atoms. The van der Waals surface area contributed by atoms with Crippen LogP contribution in [0.2, 0.25) is 0 Å². The topological polar surface area (TPSA) is 77.5 Å². The molecule has 0 aliphatic rings. The third kappa shape index (κ3) is 2.68. The maximum atomic E-state index is 5.30. The van der Waals surface area contributed by atoms with E-state index >= 15 is 0 Å². The van der Waals surface area contributed by atoms with Crippen LogP contribution in [0.4, 0.5) is 5.82 Å². The van der Waals surface area contributed by atoms with Gasteiger partial charge in [0.25, 0.3) is 0 Å². The molecular formula is C10H15N5O. The summed E-state index contributed by atoms with van der Waals surface area (Å²) in [6.45, 7) is 2.50. The molecule has 16 heavy (non-hydrogen) atoms. The van der Waals surface area contributed by atoms with Crippen LogP contribution < -0.4 is 11.1 Å². The normalized spacial score (nSPS) is 10.8. The highest BCUT2D eigenvalue weighted by Gasteiger charge is 1.97. The molecule has 0 radical (unpaired) electrons. The van der Waals surface area contributed by atoms with Gasteiger partial charge in [-0.1, -0.05) is 0 Å². The first-order chi connectivity index (χ1) is 7.90. The van der Waals surface area contributed by atoms with Crippen molar-refractivity contribution in [2.45, 2.75) is 0 Å². The number of fused-ring (bicyclic) bond motifs is 1. The molecule has 0 atom stereocenters. The van der Waals surface area contributed by atoms with E-state index in [0.29, 0.717) is 19.8 Å². The fourth-order valence-electron chi connectivity index (χ4n) is 1.35. The summed E-state index contributed by atoms with van der Waals surface area (Å²) in [5.41, 5.74) is 6.13. The van der Waals surface area contributed by atoms with Crippen LogP contribution in [0, 0.1) is 0 Å². The van der Waals surface area contributed by atoms with E-state index in [1.165, 1.54) is 0 Å². The predicted octanol–water partition coefficient (Wildman–Crippen LogP) is 0.116. The van der Waals surface area contributed by atoms with Gasteiger partial charge in [0.05, 0.1) is 19.4 Å². The fourth-order valence-corrected chi connectivity index (χ4v) is 1.35. The van der Waals surface area contributed by atoms with Crippen LogP contribution in [-0.4, -0.2) is 40.9 Å². The third-order valence-corrected chi connectivity index (χ3v) is 2.07. The van der Waals surface area contributed by atoms with Crippen molar-refractivity contribution in [3.63, 3.8) is 0 Å². The van der Waals surface area contributed by atoms with E-state index in [1.807, 2.05) is 18.3 Å². The highest BCUT2D eigenvalue weighted by atomic mass is 16.5. The zero-order valence-corrected chi connectivity index (χ0v) is 8.97. The van der Waals surface area contributed by atoms with Crippen molar-refractivity contribution in [1.29, 1.82) is 0 Å². The van der Waals surface area contributed by atoms with Gasteiger partial charge in [-0.15, -0.1) is 0 Å². The Morgan fingerprint density at radius 3 is 3.19 bits per heavy atom. The lowest BCUT2D eigenvalue weighted by Crippen LogP contribution is -2.15. The second kappa shape index (κ2) is 5.43. The molecule has 0 unspecified atom stereocenters. The molecule has 2 heterocycles. The number of hydrogen-bond acceptors (Lipinski definition) is 5. The van der Waals surface area contributed by atoms with Gasteiger partial charge in [0.15, 0.2) is 5.65 Å². The zero-order chi connectivity index (χ0) is 11.2. The number of nitrogens with zero attached hydrogens (tertiary/aromatic N) is 3. The molecule has 0 saturated carbocycles. The van der Waals surface area contributed by atoms with Crippen molar-refractivity contribution in [2.75, 3.05) is 31.6 Å². The Labute approximate surface area is 93.4 Å². The summed E-state index contributed by atoms with van der Waals surface area (Å²) in [6, 6.07) is 3.74. The lowest BCUT2D eigenvalue weighted by molar-refractivity contribution is 0.151. The molecule has 2 aromatic heterocycles. The first-order valence-corrected chi connectivity index (χ1v) is 5.22. The highest BCUT2D eigenvalue weighted by Crippen LogP contribution is 2.04. The number of nitrogens with two attached hydrogens (primary N) is 1. The molecule has 0 aromatic carbocycles. The molecule has 2 aromatic rings. The van der Waals surface area contributed by atoms with E-state index in [1.54, 1.807) is 10.7 Å². The first-order valence-electron chi connectivity index (χ1n) is 5.22. The van der Waals surface area contributed by atoms with Crippen LogP contribution in [0.1, 0.15) is 0 Å². The van der Waals surface area contributed by atoms with Gasteiger partial charge >= 0.3 is 0 Å². The van der Waals surface area contributed by atoms with E-state index in [0.717, 1.165) is 18.0 Å². The van der Waals surface area contributed by atoms with Crippen molar-refractivity contribution in [2.24, 2.45) is 5.73 Å². The average Bonchev–Trinajstić information content (AvgIpc) is 2.76. The van der Waals surface area contributed by atoms with E-state index in [2.05, 4.69) is 15.4 Å². The van der Waals surface area contributed by atoms with E-state index in [4.69, 9.17) is 10.5 Å². The minimum atomic E-state index is 0.556. The van der Waals surface area contributed by atoms with Crippen LogP contribution in [0.3, 0.4) is 0 Å². The molecule has 0 aliphatic heterocycles. The maximum absolute atomic E-state index is 5.30. The number of rotatable bonds is 6. The van der Waals surface area contributed by atoms with Gasteiger partial charge in [-0.25, -0.2) is 9.50 Å². The monoisotopic (exact) mass is 221 g/mol. The molecular weight excluding hydrogens is 206 g/mol. The molecule has 0 fully saturated rings. The van der Waals surface area contributed by atoms with Crippen LogP contribution in [0.25, 0.3) is 5.65 Å². The van der Waals surface area contributed by atoms with Gasteiger partial charge in [-0.05, 0) is 6.07 Å². The Bertz CT molecular complexity index is 441. The molecule has 0 saturated heterocycles. The second-order valence-electron chi connectivity index (χ2n) is 3.27. The van der Waals surface area contributed by atoms with Gasteiger partial charge in [0.1, 0.15) is 5.82 Å². The van der Waals surface area contributed by atoms with E-state index in [-0.39, 0.29) is 0 Å². The predicted molar refractivity (Wildman–Crippen MR) is 61.4 cm³/mol. The van der Waals surface area contributed by atoms with E-state index in [9.17, 15) is 0 Å². The van der Waals surface area contributed by atoms with Crippen molar-refractivity contribution >= 4 is 11.5 Å². The molecule has 3 N–H and O–H groups in total. The summed E-state index contributed by atoms with van der Waals surface area (Å²) >= 11 is 0. The van der Waals surface area contributed by atoms with Gasteiger partial charge in [0.2, 0.25) is 0 Å². The SMILES string of the molecule is NCCOCCNc1ccn2nccc2n1. The number of anilines is 1. The Hall–Kier alpha value is -1.66. The molecule has 6 nitrogen and oxygen atoms in total. The Morgan fingerprint density at radius 2 is 2.31 bits per heavy atom. The standard InChI is InChI=1S/C10H15N5O/c11-3-7-16-8-5-12-9-2-6-15-10(14-9)1-4-13-15/h1-2,4,6H,3,5,7-8,11H2,(H,12,14).